The van der Waals surface area contributed by atoms with Crippen molar-refractivity contribution < 1.29 is 5.11 Å². The summed E-state index contributed by atoms with van der Waals surface area (Å²) < 4.78 is 0. The van der Waals surface area contributed by atoms with E-state index in [1.165, 1.54) is 16.1 Å². The molecule has 1 unspecified atom stereocenters. The second-order valence-corrected chi connectivity index (χ2v) is 8.75. The summed E-state index contributed by atoms with van der Waals surface area (Å²) in [6.07, 6.45) is 2.15. The quantitative estimate of drug-likeness (QED) is 0.263. The van der Waals surface area contributed by atoms with Crippen molar-refractivity contribution in [3.05, 3.63) is 52.2 Å². The summed E-state index contributed by atoms with van der Waals surface area (Å²) in [5.41, 5.74) is 2.48. The van der Waals surface area contributed by atoms with Crippen molar-refractivity contribution in [3.63, 3.8) is 0 Å². The Kier molecular flexibility index (Phi) is 11.0. The normalized spacial score (nSPS) is 16.1. The molecular formula is C23H35IN4OS. The number of halogens is 1. The van der Waals surface area contributed by atoms with Gasteiger partial charge in [-0.1, -0.05) is 25.1 Å². The predicted octanol–water partition coefficient (Wildman–Crippen LogP) is 4.43. The molecule has 3 N–H and O–H groups in total. The van der Waals surface area contributed by atoms with Crippen LogP contribution in [0, 0.1) is 5.92 Å². The second-order valence-electron chi connectivity index (χ2n) is 7.77. The predicted molar refractivity (Wildman–Crippen MR) is 139 cm³/mol. The van der Waals surface area contributed by atoms with Crippen LogP contribution in [-0.2, 0) is 6.54 Å². The second kappa shape index (κ2) is 13.2. The number of aliphatic imine (C=N–C) groups is 1. The van der Waals surface area contributed by atoms with Gasteiger partial charge in [0.25, 0.3) is 0 Å². The molecule has 1 aliphatic heterocycles. The average Bonchev–Trinajstić information content (AvgIpc) is 3.31. The Morgan fingerprint density at radius 2 is 1.93 bits per heavy atom. The maximum Gasteiger partial charge on any atom is 0.191 e. The van der Waals surface area contributed by atoms with Crippen molar-refractivity contribution in [2.75, 3.05) is 37.7 Å². The lowest BCUT2D eigenvalue weighted by atomic mass is 9.97. The van der Waals surface area contributed by atoms with Crippen molar-refractivity contribution >= 4 is 47.0 Å². The molecule has 0 bridgehead atoms. The molecule has 30 heavy (non-hydrogen) atoms. The Morgan fingerprint density at radius 3 is 2.53 bits per heavy atom. The fraction of sp³-hybridized carbons (Fsp3) is 0.522. The van der Waals surface area contributed by atoms with E-state index in [0.717, 1.165) is 45.0 Å². The number of benzene rings is 1. The van der Waals surface area contributed by atoms with Crippen LogP contribution in [0.2, 0.25) is 0 Å². The first-order valence-corrected chi connectivity index (χ1v) is 11.6. The van der Waals surface area contributed by atoms with Crippen molar-refractivity contribution in [2.24, 2.45) is 10.9 Å². The van der Waals surface area contributed by atoms with Gasteiger partial charge >= 0.3 is 0 Å². The molecule has 166 valence electrons. The number of piperidine rings is 1. The Morgan fingerprint density at radius 1 is 1.20 bits per heavy atom. The molecule has 1 aromatic carbocycles. The Hall–Kier alpha value is -1.32. The minimum absolute atomic E-state index is 0. The zero-order chi connectivity index (χ0) is 20.5. The van der Waals surface area contributed by atoms with Crippen LogP contribution in [0.25, 0.3) is 0 Å². The monoisotopic (exact) mass is 542 g/mol. The van der Waals surface area contributed by atoms with E-state index in [-0.39, 0.29) is 24.0 Å². The average molecular weight is 543 g/mol. The van der Waals surface area contributed by atoms with E-state index in [2.05, 4.69) is 71.2 Å². The SMILES string of the molecule is CCNC(=NCc1ccc(N2CCC(CO)CC2)cc1)NCC(C)c1cccs1.I. The van der Waals surface area contributed by atoms with Crippen LogP contribution in [0.5, 0.6) is 0 Å². The molecule has 0 aliphatic carbocycles. The molecule has 0 radical (unpaired) electrons. The van der Waals surface area contributed by atoms with Crippen LogP contribution in [-0.4, -0.2) is 43.9 Å². The fourth-order valence-corrected chi connectivity index (χ4v) is 4.41. The molecular weight excluding hydrogens is 507 g/mol. The van der Waals surface area contributed by atoms with Gasteiger partial charge < -0.3 is 20.6 Å². The molecule has 2 aromatic rings. The lowest BCUT2D eigenvalue weighted by Gasteiger charge is -2.32. The van der Waals surface area contributed by atoms with E-state index in [1.807, 2.05) is 0 Å². The van der Waals surface area contributed by atoms with E-state index < -0.39 is 0 Å². The van der Waals surface area contributed by atoms with Crippen LogP contribution in [0.3, 0.4) is 0 Å². The number of aliphatic hydroxyl groups excluding tert-OH is 1. The van der Waals surface area contributed by atoms with E-state index in [1.54, 1.807) is 11.3 Å². The van der Waals surface area contributed by atoms with Gasteiger partial charge in [-0.25, -0.2) is 4.99 Å². The number of hydrogen-bond acceptors (Lipinski definition) is 4. The number of anilines is 1. The number of nitrogens with one attached hydrogen (secondary N) is 2. The van der Waals surface area contributed by atoms with Crippen molar-refractivity contribution in [1.82, 2.24) is 10.6 Å². The highest BCUT2D eigenvalue weighted by Crippen LogP contribution is 2.23. The number of hydrogen-bond donors (Lipinski definition) is 3. The van der Waals surface area contributed by atoms with Gasteiger partial charge in [0.15, 0.2) is 5.96 Å². The largest absolute Gasteiger partial charge is 0.396 e. The third-order valence-corrected chi connectivity index (χ3v) is 6.65. The number of aliphatic hydroxyl groups is 1. The molecule has 1 aromatic heterocycles. The first-order valence-electron chi connectivity index (χ1n) is 10.7. The van der Waals surface area contributed by atoms with Crippen LogP contribution in [0.15, 0.2) is 46.8 Å². The molecule has 3 rings (SSSR count). The van der Waals surface area contributed by atoms with Crippen molar-refractivity contribution in [1.29, 1.82) is 0 Å². The first kappa shape index (κ1) is 24.9. The van der Waals surface area contributed by atoms with Crippen LogP contribution in [0.1, 0.15) is 43.0 Å². The topological polar surface area (TPSA) is 59.9 Å². The van der Waals surface area contributed by atoms with Gasteiger partial charge in [0.2, 0.25) is 0 Å². The Bertz CT molecular complexity index is 743. The fourth-order valence-electron chi connectivity index (χ4n) is 3.62. The molecule has 0 saturated carbocycles. The highest BCUT2D eigenvalue weighted by molar-refractivity contribution is 14.0. The highest BCUT2D eigenvalue weighted by Gasteiger charge is 2.18. The molecule has 1 fully saturated rings. The maximum absolute atomic E-state index is 9.30. The standard InChI is InChI=1S/C23H34N4OS.HI/c1-3-24-23(25-15-18(2)22-5-4-14-29-22)26-16-19-6-8-21(9-7-19)27-12-10-20(17-28)11-13-27;/h4-9,14,18,20,28H,3,10-13,15-17H2,1-2H3,(H2,24,25,26);1H. The Labute approximate surface area is 202 Å². The zero-order valence-corrected chi connectivity index (χ0v) is 21.2. The summed E-state index contributed by atoms with van der Waals surface area (Å²) in [5, 5.41) is 18.2. The van der Waals surface area contributed by atoms with Gasteiger partial charge in [-0.2, -0.15) is 0 Å². The molecule has 5 nitrogen and oxygen atoms in total. The minimum Gasteiger partial charge on any atom is -0.396 e. The van der Waals surface area contributed by atoms with Gasteiger partial charge in [-0.15, -0.1) is 35.3 Å². The van der Waals surface area contributed by atoms with Gasteiger partial charge in [0, 0.05) is 49.3 Å². The molecule has 0 amide bonds. The van der Waals surface area contributed by atoms with Crippen LogP contribution < -0.4 is 15.5 Å². The number of thiophene rings is 1. The summed E-state index contributed by atoms with van der Waals surface area (Å²) in [5.74, 6) is 1.80. The van der Waals surface area contributed by atoms with E-state index in [9.17, 15) is 5.11 Å². The third kappa shape index (κ3) is 7.42. The molecule has 7 heteroatoms. The summed E-state index contributed by atoms with van der Waals surface area (Å²) >= 11 is 1.80. The van der Waals surface area contributed by atoms with Crippen LogP contribution in [0.4, 0.5) is 5.69 Å². The minimum atomic E-state index is 0. The summed E-state index contributed by atoms with van der Waals surface area (Å²) in [6.45, 7) is 9.09. The van der Waals surface area contributed by atoms with Crippen LogP contribution >= 0.6 is 35.3 Å². The van der Waals surface area contributed by atoms with E-state index in [0.29, 0.717) is 25.0 Å². The molecule has 1 atom stereocenters. The molecule has 1 aliphatic rings. The zero-order valence-electron chi connectivity index (χ0n) is 18.0. The molecule has 2 heterocycles. The van der Waals surface area contributed by atoms with Crippen molar-refractivity contribution in [2.45, 2.75) is 39.2 Å². The maximum atomic E-state index is 9.30. The van der Waals surface area contributed by atoms with E-state index in [4.69, 9.17) is 4.99 Å². The van der Waals surface area contributed by atoms with Gasteiger partial charge in [0.1, 0.15) is 0 Å². The summed E-state index contributed by atoms with van der Waals surface area (Å²) in [4.78, 5) is 8.57. The smallest absolute Gasteiger partial charge is 0.191 e. The lowest BCUT2D eigenvalue weighted by Crippen LogP contribution is -2.39. The number of rotatable bonds is 8. The number of nitrogens with zero attached hydrogens (tertiary/aromatic N) is 2. The van der Waals surface area contributed by atoms with Crippen molar-refractivity contribution in [3.8, 4) is 0 Å². The molecule has 1 saturated heterocycles. The lowest BCUT2D eigenvalue weighted by molar-refractivity contribution is 0.203. The van der Waals surface area contributed by atoms with Gasteiger partial charge in [-0.05, 0) is 54.8 Å². The van der Waals surface area contributed by atoms with Gasteiger partial charge in [0.05, 0.1) is 6.54 Å². The summed E-state index contributed by atoms with van der Waals surface area (Å²) in [6, 6.07) is 13.0. The highest BCUT2D eigenvalue weighted by atomic mass is 127. The summed E-state index contributed by atoms with van der Waals surface area (Å²) in [7, 11) is 0. The molecule has 0 spiro atoms. The number of guanidine groups is 1. The third-order valence-electron chi connectivity index (χ3n) is 5.54. The van der Waals surface area contributed by atoms with E-state index >= 15 is 0 Å². The first-order chi connectivity index (χ1) is 14.2. The Balaban J connectivity index is 0.00000320. The van der Waals surface area contributed by atoms with Gasteiger partial charge in [-0.3, -0.25) is 0 Å².